The van der Waals surface area contributed by atoms with Crippen LogP contribution in [-0.4, -0.2) is 62.6 Å². The van der Waals surface area contributed by atoms with E-state index in [1.54, 1.807) is 16.2 Å². The smallest absolute Gasteiger partial charge is 0.317 e. The van der Waals surface area contributed by atoms with E-state index in [0.29, 0.717) is 26.2 Å². The van der Waals surface area contributed by atoms with Crippen LogP contribution in [0.2, 0.25) is 0 Å². The van der Waals surface area contributed by atoms with E-state index in [0.717, 1.165) is 44.0 Å². The van der Waals surface area contributed by atoms with Crippen molar-refractivity contribution in [3.63, 3.8) is 0 Å². The number of carbonyl (C=O) groups excluding carboxylic acids is 1. The van der Waals surface area contributed by atoms with Gasteiger partial charge in [-0.15, -0.1) is 5.10 Å². The first-order valence-electron chi connectivity index (χ1n) is 9.94. The second-order valence-corrected chi connectivity index (χ2v) is 8.32. The van der Waals surface area contributed by atoms with Gasteiger partial charge in [0.15, 0.2) is 0 Å². The van der Waals surface area contributed by atoms with Gasteiger partial charge in [0.05, 0.1) is 25.4 Å². The topological polar surface area (TPSA) is 75.5 Å². The quantitative estimate of drug-likeness (QED) is 0.798. The first-order chi connectivity index (χ1) is 13.6. The maximum absolute atomic E-state index is 12.2. The molecule has 1 atom stereocenters. The van der Waals surface area contributed by atoms with E-state index in [1.807, 2.05) is 18.5 Å². The number of hydrogen-bond donors (Lipinski definition) is 1. The third-order valence-electron chi connectivity index (χ3n) is 5.71. The van der Waals surface area contributed by atoms with Crippen molar-refractivity contribution in [2.24, 2.45) is 0 Å². The number of thiophene rings is 1. The van der Waals surface area contributed by atoms with Crippen LogP contribution >= 0.6 is 11.3 Å². The highest BCUT2D eigenvalue weighted by molar-refractivity contribution is 7.07. The summed E-state index contributed by atoms with van der Waals surface area (Å²) in [5, 5.41) is 15.9. The van der Waals surface area contributed by atoms with Crippen LogP contribution in [0, 0.1) is 0 Å². The molecular formula is C19H28N6O2S. The third-order valence-corrected chi connectivity index (χ3v) is 6.44. The van der Waals surface area contributed by atoms with Crippen molar-refractivity contribution in [3.05, 3.63) is 33.8 Å². The zero-order valence-electron chi connectivity index (χ0n) is 16.6. The fourth-order valence-electron chi connectivity index (χ4n) is 4.06. The lowest BCUT2D eigenvalue weighted by Crippen LogP contribution is -2.44. The number of urea groups is 1. The summed E-state index contributed by atoms with van der Waals surface area (Å²) < 4.78 is 8.30. The van der Waals surface area contributed by atoms with E-state index in [9.17, 15) is 4.79 Å². The Morgan fingerprint density at radius 2 is 2.25 bits per heavy atom. The molecule has 4 heterocycles. The van der Waals surface area contributed by atoms with Gasteiger partial charge in [0.2, 0.25) is 0 Å². The van der Waals surface area contributed by atoms with Gasteiger partial charge in [-0.05, 0) is 42.7 Å². The van der Waals surface area contributed by atoms with Crippen LogP contribution in [0.15, 0.2) is 16.8 Å². The molecule has 0 aliphatic carbocycles. The highest BCUT2D eigenvalue weighted by atomic mass is 32.1. The van der Waals surface area contributed by atoms with Crippen molar-refractivity contribution in [2.45, 2.75) is 52.1 Å². The van der Waals surface area contributed by atoms with Crippen molar-refractivity contribution < 1.29 is 9.53 Å². The molecule has 8 nitrogen and oxygen atoms in total. The summed E-state index contributed by atoms with van der Waals surface area (Å²) in [6.45, 7) is 9.84. The molecule has 28 heavy (non-hydrogen) atoms. The molecule has 1 spiro atoms. The van der Waals surface area contributed by atoms with Gasteiger partial charge >= 0.3 is 6.03 Å². The standard InChI is InChI=1S/C19H28N6O2S/c1-3-24(4-2)18(26)20-9-16-17-11-27-19(14-25(17)22-21-16)6-7-23(13-19)10-15-5-8-28-12-15/h5,8,12H,3-4,6-7,9-11,13-14H2,1-2H3,(H,20,26). The molecule has 0 radical (unpaired) electrons. The lowest BCUT2D eigenvalue weighted by Gasteiger charge is -2.34. The number of hydrogen-bond acceptors (Lipinski definition) is 6. The van der Waals surface area contributed by atoms with Crippen molar-refractivity contribution in [1.82, 2.24) is 30.1 Å². The van der Waals surface area contributed by atoms with Crippen LogP contribution in [0.25, 0.3) is 0 Å². The van der Waals surface area contributed by atoms with E-state index in [4.69, 9.17) is 4.74 Å². The molecular weight excluding hydrogens is 376 g/mol. The molecule has 1 saturated heterocycles. The first-order valence-corrected chi connectivity index (χ1v) is 10.9. The molecule has 1 N–H and O–H groups in total. The first kappa shape index (κ1) is 19.4. The van der Waals surface area contributed by atoms with E-state index in [2.05, 4.69) is 37.4 Å². The van der Waals surface area contributed by atoms with Crippen LogP contribution in [0.3, 0.4) is 0 Å². The number of carbonyl (C=O) groups is 1. The number of amides is 2. The highest BCUT2D eigenvalue weighted by Crippen LogP contribution is 2.33. The summed E-state index contributed by atoms with van der Waals surface area (Å²) >= 11 is 1.74. The Labute approximate surface area is 169 Å². The predicted molar refractivity (Wildman–Crippen MR) is 107 cm³/mol. The van der Waals surface area contributed by atoms with E-state index in [1.165, 1.54) is 5.56 Å². The van der Waals surface area contributed by atoms with Crippen LogP contribution in [0.1, 0.15) is 37.2 Å². The third kappa shape index (κ3) is 3.92. The summed E-state index contributed by atoms with van der Waals surface area (Å²) in [4.78, 5) is 16.4. The van der Waals surface area contributed by atoms with Gasteiger partial charge in [0.1, 0.15) is 11.3 Å². The van der Waals surface area contributed by atoms with E-state index in [-0.39, 0.29) is 11.6 Å². The molecule has 2 amide bonds. The molecule has 2 aromatic heterocycles. The Kier molecular flexibility index (Phi) is 5.65. The van der Waals surface area contributed by atoms with Crippen LogP contribution < -0.4 is 5.32 Å². The minimum atomic E-state index is -0.182. The average molecular weight is 405 g/mol. The Bertz CT molecular complexity index is 803. The van der Waals surface area contributed by atoms with Crippen molar-refractivity contribution >= 4 is 17.4 Å². The molecule has 4 rings (SSSR count). The van der Waals surface area contributed by atoms with Crippen molar-refractivity contribution in [1.29, 1.82) is 0 Å². The second kappa shape index (κ2) is 8.18. The van der Waals surface area contributed by atoms with Crippen LogP contribution in [0.4, 0.5) is 4.79 Å². The minimum absolute atomic E-state index is 0.0696. The molecule has 2 aromatic rings. The number of rotatable bonds is 6. The molecule has 0 bridgehead atoms. The fraction of sp³-hybridized carbons (Fsp3) is 0.632. The second-order valence-electron chi connectivity index (χ2n) is 7.54. The Morgan fingerprint density at radius 3 is 3.00 bits per heavy atom. The molecule has 9 heteroatoms. The highest BCUT2D eigenvalue weighted by Gasteiger charge is 2.43. The number of fused-ring (bicyclic) bond motifs is 1. The van der Waals surface area contributed by atoms with Crippen LogP contribution in [0.5, 0.6) is 0 Å². The van der Waals surface area contributed by atoms with E-state index < -0.39 is 0 Å². The molecule has 0 saturated carbocycles. The zero-order valence-corrected chi connectivity index (χ0v) is 17.4. The minimum Gasteiger partial charge on any atom is -0.365 e. The van der Waals surface area contributed by atoms with Gasteiger partial charge in [-0.3, -0.25) is 4.90 Å². The summed E-state index contributed by atoms with van der Waals surface area (Å²) in [6.07, 6.45) is 1.00. The van der Waals surface area contributed by atoms with Gasteiger partial charge in [-0.1, -0.05) is 5.21 Å². The molecule has 2 aliphatic heterocycles. The summed E-state index contributed by atoms with van der Waals surface area (Å²) in [5.41, 5.74) is 2.95. The maximum Gasteiger partial charge on any atom is 0.317 e. The molecule has 0 aromatic carbocycles. The van der Waals surface area contributed by atoms with Gasteiger partial charge in [0.25, 0.3) is 0 Å². The zero-order chi connectivity index (χ0) is 19.6. The fourth-order valence-corrected chi connectivity index (χ4v) is 4.72. The lowest BCUT2D eigenvalue weighted by molar-refractivity contribution is -0.0845. The van der Waals surface area contributed by atoms with E-state index >= 15 is 0 Å². The summed E-state index contributed by atoms with van der Waals surface area (Å²) in [6, 6.07) is 2.12. The number of ether oxygens (including phenoxy) is 1. The number of nitrogens with zero attached hydrogens (tertiary/aromatic N) is 5. The number of nitrogens with one attached hydrogen (secondary N) is 1. The lowest BCUT2D eigenvalue weighted by atomic mass is 10.0. The van der Waals surface area contributed by atoms with Crippen LogP contribution in [-0.2, 0) is 31.0 Å². The normalized spacial score (nSPS) is 21.8. The number of likely N-dealkylation sites (tertiary alicyclic amines) is 1. The van der Waals surface area contributed by atoms with Crippen molar-refractivity contribution in [2.75, 3.05) is 26.2 Å². The number of aromatic nitrogens is 3. The average Bonchev–Trinajstić information content (AvgIpc) is 3.43. The summed E-state index contributed by atoms with van der Waals surface area (Å²) in [7, 11) is 0. The Balaban J connectivity index is 1.36. The Morgan fingerprint density at radius 1 is 1.39 bits per heavy atom. The largest absolute Gasteiger partial charge is 0.365 e. The van der Waals surface area contributed by atoms with Gasteiger partial charge < -0.3 is 15.0 Å². The maximum atomic E-state index is 12.2. The van der Waals surface area contributed by atoms with Gasteiger partial charge in [-0.25, -0.2) is 9.48 Å². The van der Waals surface area contributed by atoms with Crippen molar-refractivity contribution in [3.8, 4) is 0 Å². The Hall–Kier alpha value is -1.97. The molecule has 2 aliphatic rings. The summed E-state index contributed by atoms with van der Waals surface area (Å²) in [5.74, 6) is 0. The SMILES string of the molecule is CCN(CC)C(=O)NCc1nnn2c1COC1(CCN(Cc3ccsc3)C1)C2. The molecule has 152 valence electrons. The molecule has 1 fully saturated rings. The monoisotopic (exact) mass is 404 g/mol. The van der Waals surface area contributed by atoms with Gasteiger partial charge in [0, 0.05) is 32.7 Å². The predicted octanol–water partition coefficient (Wildman–Crippen LogP) is 2.07. The molecule has 1 unspecified atom stereocenters. The van der Waals surface area contributed by atoms with Gasteiger partial charge in [-0.2, -0.15) is 11.3 Å².